The summed E-state index contributed by atoms with van der Waals surface area (Å²) in [6.07, 6.45) is 1.65. The molecule has 0 aliphatic rings. The largest absolute Gasteiger partial charge is 0.335 e. The average Bonchev–Trinajstić information content (AvgIpc) is 2.99. The van der Waals surface area contributed by atoms with Gasteiger partial charge in [0.05, 0.1) is 10.4 Å². The van der Waals surface area contributed by atoms with E-state index in [1.165, 1.54) is 30.3 Å². The fraction of sp³-hybridized carbons (Fsp3) is 0.118. The first-order valence-electron chi connectivity index (χ1n) is 7.46. The van der Waals surface area contributed by atoms with Crippen molar-refractivity contribution in [2.45, 2.75) is 17.9 Å². The number of aromatic nitrogens is 1. The molecule has 0 radical (unpaired) electrons. The van der Waals surface area contributed by atoms with Gasteiger partial charge >= 0.3 is 0 Å². The quantitative estimate of drug-likeness (QED) is 0.748. The number of hydrogen-bond acceptors (Lipinski definition) is 3. The highest BCUT2D eigenvalue weighted by Gasteiger charge is 2.18. The molecule has 1 atom stereocenters. The van der Waals surface area contributed by atoms with E-state index >= 15 is 0 Å². The van der Waals surface area contributed by atoms with E-state index in [-0.39, 0.29) is 16.6 Å². The molecule has 0 aliphatic heterocycles. The number of anilines is 1. The van der Waals surface area contributed by atoms with Gasteiger partial charge in [0, 0.05) is 17.3 Å². The Morgan fingerprint density at radius 1 is 1.16 bits per heavy atom. The van der Waals surface area contributed by atoms with Crippen molar-refractivity contribution in [2.75, 3.05) is 5.32 Å². The van der Waals surface area contributed by atoms with Crippen LogP contribution in [0.3, 0.4) is 0 Å². The molecule has 0 aliphatic carbocycles. The number of halogens is 1. The lowest BCUT2D eigenvalue weighted by Gasteiger charge is -2.15. The number of nitrogens with one attached hydrogen (secondary N) is 1. The fourth-order valence-electron chi connectivity index (χ4n) is 2.59. The van der Waals surface area contributed by atoms with Gasteiger partial charge in [-0.25, -0.2) is 17.9 Å². The molecule has 130 valence electrons. The summed E-state index contributed by atoms with van der Waals surface area (Å²) in [6.45, 7) is 1.69. The van der Waals surface area contributed by atoms with Crippen LogP contribution in [-0.4, -0.2) is 18.9 Å². The summed E-state index contributed by atoms with van der Waals surface area (Å²) in [6, 6.07) is 11.3. The van der Waals surface area contributed by atoms with Crippen LogP contribution in [0.25, 0.3) is 10.9 Å². The summed E-state index contributed by atoms with van der Waals surface area (Å²) in [5.41, 5.74) is 1.05. The lowest BCUT2D eigenvalue weighted by molar-refractivity contribution is -0.118. The normalized spacial score (nSPS) is 12.9. The molecule has 1 heterocycles. The molecule has 0 fully saturated rings. The molecule has 0 spiro atoms. The Bertz CT molecular complexity index is 1040. The Balaban J connectivity index is 1.82. The lowest BCUT2D eigenvalue weighted by Crippen LogP contribution is -2.23. The first-order valence-corrected chi connectivity index (χ1v) is 9.01. The number of carbonyl (C=O) groups is 1. The number of benzene rings is 2. The van der Waals surface area contributed by atoms with E-state index in [2.05, 4.69) is 5.32 Å². The van der Waals surface area contributed by atoms with Crippen LogP contribution in [0.1, 0.15) is 13.0 Å². The van der Waals surface area contributed by atoms with Gasteiger partial charge in [-0.2, -0.15) is 0 Å². The first-order chi connectivity index (χ1) is 11.8. The van der Waals surface area contributed by atoms with Crippen molar-refractivity contribution in [3.63, 3.8) is 0 Å². The zero-order chi connectivity index (χ0) is 18.2. The van der Waals surface area contributed by atoms with Crippen LogP contribution in [0.4, 0.5) is 10.1 Å². The molecular weight excluding hydrogens is 345 g/mol. The maximum Gasteiger partial charge on any atom is 0.247 e. The summed E-state index contributed by atoms with van der Waals surface area (Å²) in [5, 5.41) is 8.18. The molecule has 1 amide bonds. The van der Waals surface area contributed by atoms with Gasteiger partial charge < -0.3 is 9.88 Å². The van der Waals surface area contributed by atoms with Crippen molar-refractivity contribution in [2.24, 2.45) is 5.14 Å². The fourth-order valence-corrected chi connectivity index (χ4v) is 3.11. The highest BCUT2D eigenvalue weighted by Crippen LogP contribution is 2.23. The summed E-state index contributed by atoms with van der Waals surface area (Å²) < 4.78 is 37.9. The molecule has 25 heavy (non-hydrogen) atoms. The van der Waals surface area contributed by atoms with Crippen molar-refractivity contribution in [3.8, 4) is 0 Å². The van der Waals surface area contributed by atoms with Crippen LogP contribution in [0.15, 0.2) is 59.6 Å². The predicted octanol–water partition coefficient (Wildman–Crippen LogP) is 2.63. The third-order valence-electron chi connectivity index (χ3n) is 3.96. The first kappa shape index (κ1) is 17.1. The molecule has 0 saturated heterocycles. The highest BCUT2D eigenvalue weighted by molar-refractivity contribution is 7.89. The minimum atomic E-state index is -3.78. The van der Waals surface area contributed by atoms with Gasteiger partial charge in [-0.1, -0.05) is 6.07 Å². The number of hydrogen-bond donors (Lipinski definition) is 2. The maximum atomic E-state index is 13.8. The number of sulfonamides is 1. The molecule has 2 aromatic carbocycles. The van der Waals surface area contributed by atoms with Gasteiger partial charge in [-0.3, -0.25) is 4.79 Å². The zero-order valence-corrected chi connectivity index (χ0v) is 14.1. The van der Waals surface area contributed by atoms with Crippen molar-refractivity contribution in [1.29, 1.82) is 0 Å². The Labute approximate surface area is 144 Å². The third kappa shape index (κ3) is 3.40. The van der Waals surface area contributed by atoms with Gasteiger partial charge in [0.2, 0.25) is 15.9 Å². The van der Waals surface area contributed by atoms with E-state index in [9.17, 15) is 17.6 Å². The molecule has 3 N–H and O–H groups in total. The standard InChI is InChI=1S/C17H16FN3O3S/c1-11(21-10-9-14-15(18)3-2-4-16(14)21)17(22)20-12-5-7-13(8-6-12)25(19,23)24/h2-11H,1H3,(H,20,22)(H2,19,23,24)/t11-/m1/s1. The van der Waals surface area contributed by atoms with Gasteiger partial charge in [-0.05, 0) is 49.4 Å². The van der Waals surface area contributed by atoms with Gasteiger partial charge in [0.25, 0.3) is 0 Å². The maximum absolute atomic E-state index is 13.8. The van der Waals surface area contributed by atoms with Crippen molar-refractivity contribution in [3.05, 3.63) is 60.5 Å². The Kier molecular flexibility index (Phi) is 4.32. The van der Waals surface area contributed by atoms with E-state index in [4.69, 9.17) is 5.14 Å². The SMILES string of the molecule is C[C@H](C(=O)Nc1ccc(S(N)(=O)=O)cc1)n1ccc2c(F)cccc21. The molecule has 0 unspecified atom stereocenters. The van der Waals surface area contributed by atoms with Crippen LogP contribution in [0.2, 0.25) is 0 Å². The molecule has 3 aromatic rings. The topological polar surface area (TPSA) is 94.2 Å². The summed E-state index contributed by atoms with van der Waals surface area (Å²) >= 11 is 0. The number of nitrogens with zero attached hydrogens (tertiary/aromatic N) is 1. The second-order valence-corrected chi connectivity index (χ2v) is 7.19. The van der Waals surface area contributed by atoms with Gasteiger partial charge in [0.15, 0.2) is 0 Å². The van der Waals surface area contributed by atoms with Crippen LogP contribution >= 0.6 is 0 Å². The Morgan fingerprint density at radius 2 is 1.84 bits per heavy atom. The van der Waals surface area contributed by atoms with E-state index < -0.39 is 16.1 Å². The van der Waals surface area contributed by atoms with Gasteiger partial charge in [0.1, 0.15) is 11.9 Å². The number of rotatable bonds is 4. The smallest absolute Gasteiger partial charge is 0.247 e. The number of carbonyl (C=O) groups excluding carboxylic acids is 1. The molecule has 6 nitrogen and oxygen atoms in total. The zero-order valence-electron chi connectivity index (χ0n) is 13.3. The van der Waals surface area contributed by atoms with Crippen LogP contribution in [0.5, 0.6) is 0 Å². The Hall–Kier alpha value is -2.71. The van der Waals surface area contributed by atoms with Crippen LogP contribution in [0, 0.1) is 5.82 Å². The molecule has 0 saturated carbocycles. The molecule has 3 rings (SSSR count). The third-order valence-corrected chi connectivity index (χ3v) is 4.89. The average molecular weight is 361 g/mol. The van der Waals surface area contributed by atoms with Crippen LogP contribution < -0.4 is 10.5 Å². The number of nitrogens with two attached hydrogens (primary N) is 1. The predicted molar refractivity (Wildman–Crippen MR) is 93.1 cm³/mol. The second kappa shape index (κ2) is 6.30. The van der Waals surface area contributed by atoms with E-state index in [1.807, 2.05) is 0 Å². The Morgan fingerprint density at radius 3 is 2.48 bits per heavy atom. The number of primary sulfonamides is 1. The monoisotopic (exact) mass is 361 g/mol. The summed E-state index contributed by atoms with van der Waals surface area (Å²) in [5.74, 6) is -0.660. The molecular formula is C17H16FN3O3S. The van der Waals surface area contributed by atoms with Crippen LogP contribution in [-0.2, 0) is 14.8 Å². The van der Waals surface area contributed by atoms with E-state index in [0.717, 1.165) is 0 Å². The minimum Gasteiger partial charge on any atom is -0.335 e. The number of amides is 1. The molecule has 1 aromatic heterocycles. The summed E-state index contributed by atoms with van der Waals surface area (Å²) in [7, 11) is -3.78. The lowest BCUT2D eigenvalue weighted by atomic mass is 10.2. The number of fused-ring (bicyclic) bond motifs is 1. The van der Waals surface area contributed by atoms with E-state index in [0.29, 0.717) is 16.6 Å². The molecule has 0 bridgehead atoms. The van der Waals surface area contributed by atoms with Gasteiger partial charge in [-0.15, -0.1) is 0 Å². The highest BCUT2D eigenvalue weighted by atomic mass is 32.2. The van der Waals surface area contributed by atoms with Crippen molar-refractivity contribution >= 4 is 32.5 Å². The minimum absolute atomic E-state index is 0.0366. The molecule has 8 heteroatoms. The van der Waals surface area contributed by atoms with Crippen molar-refractivity contribution in [1.82, 2.24) is 4.57 Å². The summed E-state index contributed by atoms with van der Waals surface area (Å²) in [4.78, 5) is 12.4. The van der Waals surface area contributed by atoms with E-state index in [1.54, 1.807) is 35.9 Å². The second-order valence-electron chi connectivity index (χ2n) is 5.63. The van der Waals surface area contributed by atoms with Crippen molar-refractivity contribution < 1.29 is 17.6 Å².